The molecule has 0 unspecified atom stereocenters. The van der Waals surface area contributed by atoms with Crippen LogP contribution in [0.5, 0.6) is 0 Å². The number of hydrogen-bond donors (Lipinski definition) is 2. The van der Waals surface area contributed by atoms with Gasteiger partial charge in [0.25, 0.3) is 0 Å². The highest BCUT2D eigenvalue weighted by Gasteiger charge is 2.24. The zero-order valence-corrected chi connectivity index (χ0v) is 13.3. The number of furan rings is 1. The number of aromatic carboxylic acids is 1. The standard InChI is InChI=1S/C11H12BrN3O5S/c1-15-5-3-7(14-15)2-4-13-21(18,19)9-6-8(11(16)17)20-10(9)12/h3,5-6,13H,2,4H2,1H3,(H,16,17). The van der Waals surface area contributed by atoms with Crippen LogP contribution in [0.1, 0.15) is 16.2 Å². The topological polar surface area (TPSA) is 114 Å². The molecule has 2 aromatic heterocycles. The Balaban J connectivity index is 2.06. The molecule has 0 bridgehead atoms. The number of carboxylic acid groups (broad SMARTS) is 1. The van der Waals surface area contributed by atoms with Crippen LogP contribution >= 0.6 is 15.9 Å². The molecule has 114 valence electrons. The Bertz CT molecular complexity index is 765. The fraction of sp³-hybridized carbons (Fsp3) is 0.273. The third-order valence-electron chi connectivity index (χ3n) is 2.60. The van der Waals surface area contributed by atoms with Gasteiger partial charge >= 0.3 is 5.97 Å². The molecule has 10 heteroatoms. The molecule has 2 heterocycles. The number of aryl methyl sites for hydroxylation is 1. The van der Waals surface area contributed by atoms with E-state index in [0.717, 1.165) is 11.8 Å². The van der Waals surface area contributed by atoms with Crippen molar-refractivity contribution in [1.82, 2.24) is 14.5 Å². The summed E-state index contributed by atoms with van der Waals surface area (Å²) < 4.78 is 32.8. The molecule has 8 nitrogen and oxygen atoms in total. The van der Waals surface area contributed by atoms with E-state index in [1.165, 1.54) is 0 Å². The number of hydrogen-bond acceptors (Lipinski definition) is 5. The molecule has 0 aliphatic carbocycles. The molecule has 0 aromatic carbocycles. The Morgan fingerprint density at radius 2 is 2.29 bits per heavy atom. The van der Waals surface area contributed by atoms with Gasteiger partial charge in [-0.15, -0.1) is 0 Å². The van der Waals surface area contributed by atoms with Gasteiger partial charge in [0.15, 0.2) is 4.67 Å². The summed E-state index contributed by atoms with van der Waals surface area (Å²) in [5.74, 6) is -1.79. The van der Waals surface area contributed by atoms with Gasteiger partial charge < -0.3 is 9.52 Å². The van der Waals surface area contributed by atoms with Crippen LogP contribution in [0.15, 0.2) is 32.3 Å². The molecule has 0 amide bonds. The van der Waals surface area contributed by atoms with Gasteiger partial charge in [-0.3, -0.25) is 4.68 Å². The molecule has 0 atom stereocenters. The Hall–Kier alpha value is -1.65. The van der Waals surface area contributed by atoms with Crippen LogP contribution in [0.3, 0.4) is 0 Å². The summed E-state index contributed by atoms with van der Waals surface area (Å²) in [6.07, 6.45) is 2.18. The van der Waals surface area contributed by atoms with Gasteiger partial charge in [0.1, 0.15) is 4.90 Å². The van der Waals surface area contributed by atoms with Crippen LogP contribution in [0.25, 0.3) is 0 Å². The van der Waals surface area contributed by atoms with Crippen LogP contribution in [-0.2, 0) is 23.5 Å². The van der Waals surface area contributed by atoms with Crippen LogP contribution in [0.4, 0.5) is 0 Å². The van der Waals surface area contributed by atoms with Crippen molar-refractivity contribution in [3.8, 4) is 0 Å². The molecule has 0 aliphatic rings. The molecule has 0 radical (unpaired) electrons. The Kier molecular flexibility index (Phi) is 4.49. The summed E-state index contributed by atoms with van der Waals surface area (Å²) in [6, 6.07) is 2.74. The van der Waals surface area contributed by atoms with Crippen molar-refractivity contribution in [1.29, 1.82) is 0 Å². The van der Waals surface area contributed by atoms with Gasteiger partial charge in [-0.25, -0.2) is 17.9 Å². The van der Waals surface area contributed by atoms with Crippen molar-refractivity contribution in [2.75, 3.05) is 6.54 Å². The van der Waals surface area contributed by atoms with Crippen molar-refractivity contribution >= 4 is 31.9 Å². The second-order valence-electron chi connectivity index (χ2n) is 4.18. The van der Waals surface area contributed by atoms with E-state index in [-0.39, 0.29) is 16.1 Å². The summed E-state index contributed by atoms with van der Waals surface area (Å²) in [5.41, 5.74) is 0.748. The third-order valence-corrected chi connectivity index (χ3v) is 4.92. The van der Waals surface area contributed by atoms with Gasteiger partial charge in [0.05, 0.1) is 5.69 Å². The minimum absolute atomic E-state index is 0.138. The van der Waals surface area contributed by atoms with E-state index in [4.69, 9.17) is 9.52 Å². The molecule has 0 fully saturated rings. The van der Waals surface area contributed by atoms with E-state index in [9.17, 15) is 13.2 Å². The van der Waals surface area contributed by atoms with Crippen molar-refractivity contribution in [2.24, 2.45) is 7.05 Å². The normalized spacial score (nSPS) is 11.7. The fourth-order valence-corrected chi connectivity index (χ4v) is 3.60. The second-order valence-corrected chi connectivity index (χ2v) is 6.64. The number of rotatable bonds is 6. The lowest BCUT2D eigenvalue weighted by Gasteiger charge is -2.03. The SMILES string of the molecule is Cn1ccc(CCNS(=O)(=O)c2cc(C(=O)O)oc2Br)n1. The van der Waals surface area contributed by atoms with Crippen LogP contribution in [0.2, 0.25) is 0 Å². The number of nitrogens with one attached hydrogen (secondary N) is 1. The number of nitrogens with zero attached hydrogens (tertiary/aromatic N) is 2. The first-order valence-electron chi connectivity index (χ1n) is 5.80. The first-order valence-corrected chi connectivity index (χ1v) is 8.08. The lowest BCUT2D eigenvalue weighted by Crippen LogP contribution is -2.26. The van der Waals surface area contributed by atoms with Crippen molar-refractivity contribution in [3.05, 3.63) is 34.5 Å². The Morgan fingerprint density at radius 3 is 2.81 bits per heavy atom. The van der Waals surface area contributed by atoms with Gasteiger partial charge in [-0.05, 0) is 22.0 Å². The average molecular weight is 378 g/mol. The minimum Gasteiger partial charge on any atom is -0.475 e. The zero-order chi connectivity index (χ0) is 15.6. The van der Waals surface area contributed by atoms with E-state index in [0.29, 0.717) is 6.42 Å². The predicted octanol–water partition coefficient (Wildman–Crippen LogP) is 0.995. The van der Waals surface area contributed by atoms with Crippen molar-refractivity contribution < 1.29 is 22.7 Å². The molecule has 2 rings (SSSR count). The van der Waals surface area contributed by atoms with Crippen LogP contribution in [0, 0.1) is 0 Å². The summed E-state index contributed by atoms with van der Waals surface area (Å²) in [7, 11) is -2.09. The van der Waals surface area contributed by atoms with Gasteiger partial charge in [-0.2, -0.15) is 5.10 Å². The van der Waals surface area contributed by atoms with E-state index >= 15 is 0 Å². The maximum absolute atomic E-state index is 12.1. The quantitative estimate of drug-likeness (QED) is 0.775. The van der Waals surface area contributed by atoms with Gasteiger partial charge in [0.2, 0.25) is 15.8 Å². The van der Waals surface area contributed by atoms with E-state index in [1.807, 2.05) is 0 Å². The lowest BCUT2D eigenvalue weighted by molar-refractivity contribution is 0.0661. The average Bonchev–Trinajstić information content (AvgIpc) is 2.96. The number of halogens is 1. The number of carboxylic acids is 1. The third kappa shape index (κ3) is 3.71. The van der Waals surface area contributed by atoms with E-state index in [2.05, 4.69) is 25.8 Å². The monoisotopic (exact) mass is 377 g/mol. The molecule has 21 heavy (non-hydrogen) atoms. The molecule has 0 spiro atoms. The largest absolute Gasteiger partial charge is 0.475 e. The maximum Gasteiger partial charge on any atom is 0.371 e. The highest BCUT2D eigenvalue weighted by Crippen LogP contribution is 2.25. The molecule has 2 aromatic rings. The Morgan fingerprint density at radius 1 is 1.57 bits per heavy atom. The first-order chi connectivity index (χ1) is 9.79. The summed E-state index contributed by atoms with van der Waals surface area (Å²) in [6.45, 7) is 0.138. The molecule has 0 saturated carbocycles. The van der Waals surface area contributed by atoms with Gasteiger partial charge in [0, 0.05) is 32.3 Å². The van der Waals surface area contributed by atoms with E-state index < -0.39 is 21.8 Å². The fourth-order valence-electron chi connectivity index (χ4n) is 1.63. The predicted molar refractivity (Wildman–Crippen MR) is 75.5 cm³/mol. The van der Waals surface area contributed by atoms with Crippen LogP contribution in [-0.4, -0.2) is 35.8 Å². The second kappa shape index (κ2) is 6.00. The summed E-state index contributed by atoms with van der Waals surface area (Å²) in [4.78, 5) is 10.5. The van der Waals surface area contributed by atoms with Crippen molar-refractivity contribution in [2.45, 2.75) is 11.3 Å². The molecule has 0 saturated heterocycles. The Labute approximate surface area is 128 Å². The molecular weight excluding hydrogens is 366 g/mol. The maximum atomic E-state index is 12.1. The molecule has 2 N–H and O–H groups in total. The van der Waals surface area contributed by atoms with Gasteiger partial charge in [-0.1, -0.05) is 0 Å². The lowest BCUT2D eigenvalue weighted by atomic mass is 10.3. The number of aromatic nitrogens is 2. The first kappa shape index (κ1) is 15.7. The van der Waals surface area contributed by atoms with E-state index in [1.54, 1.807) is 24.0 Å². The summed E-state index contributed by atoms with van der Waals surface area (Å²) >= 11 is 2.90. The molecule has 0 aliphatic heterocycles. The van der Waals surface area contributed by atoms with Crippen molar-refractivity contribution in [3.63, 3.8) is 0 Å². The minimum atomic E-state index is -3.86. The highest BCUT2D eigenvalue weighted by atomic mass is 79.9. The molecular formula is C11H12BrN3O5S. The van der Waals surface area contributed by atoms with Crippen LogP contribution < -0.4 is 4.72 Å². The summed E-state index contributed by atoms with van der Waals surface area (Å²) in [5, 5.41) is 12.9. The zero-order valence-electron chi connectivity index (χ0n) is 10.9. The smallest absolute Gasteiger partial charge is 0.371 e. The highest BCUT2D eigenvalue weighted by molar-refractivity contribution is 9.10. The number of sulfonamides is 1. The number of carbonyl (C=O) groups is 1.